The number of ether oxygens (including phenoxy) is 1. The molecule has 8 heteroatoms. The van der Waals surface area contributed by atoms with Crippen LogP contribution in [0, 0.1) is 6.92 Å². The van der Waals surface area contributed by atoms with Crippen molar-refractivity contribution >= 4 is 0 Å². The van der Waals surface area contributed by atoms with Crippen LogP contribution in [0.5, 0.6) is 6.08 Å². The van der Waals surface area contributed by atoms with Crippen LogP contribution in [0.4, 0.5) is 0 Å². The van der Waals surface area contributed by atoms with Crippen molar-refractivity contribution in [3.63, 3.8) is 0 Å². The van der Waals surface area contributed by atoms with Crippen molar-refractivity contribution in [2.24, 2.45) is 0 Å². The normalized spacial score (nSPS) is 10.6. The topological polar surface area (TPSA) is 91.8 Å². The lowest BCUT2D eigenvalue weighted by Crippen LogP contribution is -2.08. The predicted octanol–water partition coefficient (Wildman–Crippen LogP) is 0.354. The molecule has 0 fully saturated rings. The standard InChI is InChI=1S/C8H12N6O2/c1-3-4-14-7(10-12-13-14)5-15-8-9-6(2)11-16-8/h3-5H2,1-2H3. The highest BCUT2D eigenvalue weighted by Gasteiger charge is 2.09. The molecule has 0 spiro atoms. The van der Waals surface area contributed by atoms with E-state index >= 15 is 0 Å². The second kappa shape index (κ2) is 4.69. The van der Waals surface area contributed by atoms with E-state index in [1.807, 2.05) is 6.92 Å². The summed E-state index contributed by atoms with van der Waals surface area (Å²) < 4.78 is 11.7. The molecule has 2 aromatic heterocycles. The van der Waals surface area contributed by atoms with Crippen LogP contribution in [0.1, 0.15) is 25.0 Å². The maximum atomic E-state index is 5.25. The molecule has 0 aliphatic heterocycles. The van der Waals surface area contributed by atoms with Crippen LogP contribution in [0.3, 0.4) is 0 Å². The lowest BCUT2D eigenvalue weighted by Gasteiger charge is -2.01. The van der Waals surface area contributed by atoms with Crippen molar-refractivity contribution in [2.45, 2.75) is 33.4 Å². The molecule has 0 unspecified atom stereocenters. The number of aromatic nitrogens is 6. The van der Waals surface area contributed by atoms with E-state index in [2.05, 4.69) is 25.7 Å². The summed E-state index contributed by atoms with van der Waals surface area (Å²) in [6.07, 6.45) is 1.08. The van der Waals surface area contributed by atoms with Gasteiger partial charge in [0.25, 0.3) is 0 Å². The Morgan fingerprint density at radius 2 is 2.31 bits per heavy atom. The third-order valence-corrected chi connectivity index (χ3v) is 1.88. The Morgan fingerprint density at radius 3 is 3.00 bits per heavy atom. The fraction of sp³-hybridized carbons (Fsp3) is 0.625. The monoisotopic (exact) mass is 224 g/mol. The van der Waals surface area contributed by atoms with Crippen LogP contribution in [0.2, 0.25) is 0 Å². The van der Waals surface area contributed by atoms with Crippen molar-refractivity contribution in [3.8, 4) is 6.08 Å². The van der Waals surface area contributed by atoms with E-state index in [9.17, 15) is 0 Å². The maximum absolute atomic E-state index is 5.25. The molecule has 0 N–H and O–H groups in total. The van der Waals surface area contributed by atoms with Crippen LogP contribution < -0.4 is 4.74 Å². The zero-order valence-electron chi connectivity index (χ0n) is 9.12. The summed E-state index contributed by atoms with van der Waals surface area (Å²) in [6.45, 7) is 4.74. The minimum atomic E-state index is 0.128. The minimum Gasteiger partial charge on any atom is -0.441 e. The number of hydrogen-bond donors (Lipinski definition) is 0. The SMILES string of the molecule is CCCn1nnnc1COc1nc(C)no1. The molecule has 8 nitrogen and oxygen atoms in total. The van der Waals surface area contributed by atoms with Gasteiger partial charge in [0, 0.05) is 6.54 Å². The molecule has 0 saturated heterocycles. The lowest BCUT2D eigenvalue weighted by molar-refractivity contribution is 0.186. The zero-order valence-corrected chi connectivity index (χ0v) is 9.12. The Hall–Kier alpha value is -1.99. The average molecular weight is 224 g/mol. The summed E-state index contributed by atoms with van der Waals surface area (Å²) in [5.74, 6) is 1.17. The van der Waals surface area contributed by atoms with Crippen molar-refractivity contribution in [1.82, 2.24) is 30.3 Å². The van der Waals surface area contributed by atoms with E-state index in [0.717, 1.165) is 13.0 Å². The van der Waals surface area contributed by atoms with E-state index in [-0.39, 0.29) is 12.7 Å². The van der Waals surface area contributed by atoms with Gasteiger partial charge < -0.3 is 4.74 Å². The smallest absolute Gasteiger partial charge is 0.417 e. The van der Waals surface area contributed by atoms with E-state index in [1.165, 1.54) is 0 Å². The van der Waals surface area contributed by atoms with Crippen LogP contribution in [0.15, 0.2) is 4.52 Å². The van der Waals surface area contributed by atoms with Crippen LogP contribution in [-0.4, -0.2) is 30.3 Å². The summed E-state index contributed by atoms with van der Waals surface area (Å²) in [4.78, 5) is 3.91. The Kier molecular flexibility index (Phi) is 3.08. The van der Waals surface area contributed by atoms with Crippen LogP contribution in [-0.2, 0) is 13.2 Å². The molecule has 2 heterocycles. The number of tetrazole rings is 1. The molecule has 0 radical (unpaired) electrons. The summed E-state index contributed by atoms with van der Waals surface area (Å²) in [7, 11) is 0. The van der Waals surface area contributed by atoms with E-state index in [1.54, 1.807) is 11.6 Å². The highest BCUT2D eigenvalue weighted by molar-refractivity contribution is 4.89. The Labute approximate surface area is 91.6 Å². The predicted molar refractivity (Wildman–Crippen MR) is 51.5 cm³/mol. The highest BCUT2D eigenvalue weighted by Crippen LogP contribution is 2.07. The molecule has 16 heavy (non-hydrogen) atoms. The van der Waals surface area contributed by atoms with Crippen molar-refractivity contribution in [1.29, 1.82) is 0 Å². The molecular formula is C8H12N6O2. The second-order valence-corrected chi connectivity index (χ2v) is 3.21. The van der Waals surface area contributed by atoms with Crippen LogP contribution in [0.25, 0.3) is 0 Å². The van der Waals surface area contributed by atoms with Gasteiger partial charge in [0.2, 0.25) is 0 Å². The van der Waals surface area contributed by atoms with E-state index in [0.29, 0.717) is 11.6 Å². The molecule has 0 aliphatic rings. The van der Waals surface area contributed by atoms with Crippen LogP contribution >= 0.6 is 0 Å². The van der Waals surface area contributed by atoms with Gasteiger partial charge >= 0.3 is 6.08 Å². The Balaban J connectivity index is 1.96. The second-order valence-electron chi connectivity index (χ2n) is 3.21. The fourth-order valence-corrected chi connectivity index (χ4v) is 1.18. The summed E-state index contributed by atoms with van der Waals surface area (Å²) >= 11 is 0. The van der Waals surface area contributed by atoms with Gasteiger partial charge in [-0.3, -0.25) is 4.52 Å². The minimum absolute atomic E-state index is 0.128. The Bertz CT molecular complexity index is 451. The molecule has 0 aliphatic carbocycles. The van der Waals surface area contributed by atoms with E-state index < -0.39 is 0 Å². The lowest BCUT2D eigenvalue weighted by atomic mass is 10.5. The van der Waals surface area contributed by atoms with E-state index in [4.69, 9.17) is 9.26 Å². The van der Waals surface area contributed by atoms with Gasteiger partial charge in [-0.25, -0.2) is 4.68 Å². The summed E-state index contributed by atoms with van der Waals surface area (Å²) in [5, 5.41) is 14.9. The van der Waals surface area contributed by atoms with Gasteiger partial charge in [-0.1, -0.05) is 12.1 Å². The summed E-state index contributed by atoms with van der Waals surface area (Å²) in [5.41, 5.74) is 0. The summed E-state index contributed by atoms with van der Waals surface area (Å²) in [6, 6.07) is 0. The first-order valence-corrected chi connectivity index (χ1v) is 4.97. The van der Waals surface area contributed by atoms with Gasteiger partial charge in [-0.15, -0.1) is 5.10 Å². The van der Waals surface area contributed by atoms with Gasteiger partial charge in [0.15, 0.2) is 18.3 Å². The number of aryl methyl sites for hydroxylation is 2. The van der Waals surface area contributed by atoms with Gasteiger partial charge in [0.1, 0.15) is 0 Å². The molecule has 0 saturated carbocycles. The van der Waals surface area contributed by atoms with Crippen molar-refractivity contribution < 1.29 is 9.26 Å². The first-order valence-electron chi connectivity index (χ1n) is 4.97. The van der Waals surface area contributed by atoms with Gasteiger partial charge in [-0.05, 0) is 23.8 Å². The molecule has 0 atom stereocenters. The molecular weight excluding hydrogens is 212 g/mol. The maximum Gasteiger partial charge on any atom is 0.417 e. The largest absolute Gasteiger partial charge is 0.441 e. The molecule has 0 bridgehead atoms. The highest BCUT2D eigenvalue weighted by atomic mass is 16.6. The molecule has 86 valence electrons. The Morgan fingerprint density at radius 1 is 1.44 bits per heavy atom. The quantitative estimate of drug-likeness (QED) is 0.723. The molecule has 0 aromatic carbocycles. The first kappa shape index (κ1) is 10.5. The number of rotatable bonds is 5. The van der Waals surface area contributed by atoms with Crippen molar-refractivity contribution in [3.05, 3.63) is 11.6 Å². The third-order valence-electron chi connectivity index (χ3n) is 1.88. The number of hydrogen-bond acceptors (Lipinski definition) is 7. The molecule has 0 amide bonds. The van der Waals surface area contributed by atoms with Crippen molar-refractivity contribution in [2.75, 3.05) is 0 Å². The first-order chi connectivity index (χ1) is 7.79. The molecule has 2 aromatic rings. The fourth-order valence-electron chi connectivity index (χ4n) is 1.18. The third kappa shape index (κ3) is 2.33. The van der Waals surface area contributed by atoms with Gasteiger partial charge in [-0.2, -0.15) is 4.98 Å². The molecule has 2 rings (SSSR count). The average Bonchev–Trinajstić information content (AvgIpc) is 2.85. The zero-order chi connectivity index (χ0) is 11.4. The number of nitrogens with zero attached hydrogens (tertiary/aromatic N) is 6. The van der Waals surface area contributed by atoms with Gasteiger partial charge in [0.05, 0.1) is 0 Å².